The number of fused-ring (bicyclic) bond motifs is 10. The first kappa shape index (κ1) is 57.1. The highest BCUT2D eigenvalue weighted by Gasteiger charge is 2.51. The summed E-state index contributed by atoms with van der Waals surface area (Å²) in [7, 11) is 0. The molecule has 12 aromatic carbocycles. The van der Waals surface area contributed by atoms with Gasteiger partial charge in [-0.3, -0.25) is 0 Å². The second kappa shape index (κ2) is 20.3. The van der Waals surface area contributed by atoms with Crippen molar-refractivity contribution in [3.8, 4) is 17.2 Å². The fourth-order valence-electron chi connectivity index (χ4n) is 17.3. The lowest BCUT2D eigenvalue weighted by atomic mass is 9.71. The average Bonchev–Trinajstić information content (AvgIpc) is 0.676. The third kappa shape index (κ3) is 7.76. The molecule has 456 valence electrons. The number of anilines is 15. The van der Waals surface area contributed by atoms with Crippen molar-refractivity contribution in [1.82, 2.24) is 0 Å². The molecule has 94 heavy (non-hydrogen) atoms. The summed E-state index contributed by atoms with van der Waals surface area (Å²) in [6, 6.07) is 103. The Balaban J connectivity index is 1.24. The predicted molar refractivity (Wildman–Crippen MR) is 391 cm³/mol. The third-order valence-electron chi connectivity index (χ3n) is 22.0. The molecule has 0 saturated heterocycles. The van der Waals surface area contributed by atoms with Gasteiger partial charge in [0.2, 0.25) is 0 Å². The molecule has 0 unspecified atom stereocenters. The van der Waals surface area contributed by atoms with Crippen LogP contribution in [0.15, 0.2) is 267 Å². The lowest BCUT2D eigenvalue weighted by Gasteiger charge is -2.52. The zero-order chi connectivity index (χ0) is 64.4. The smallest absolute Gasteiger partial charge is 0.0991 e. The number of hydrogen-bond acceptors (Lipinski definition) is 6. The van der Waals surface area contributed by atoms with Crippen LogP contribution in [0.5, 0.6) is 0 Å². The summed E-state index contributed by atoms with van der Waals surface area (Å²) in [5.74, 6) is 0. The van der Waals surface area contributed by atoms with E-state index in [2.05, 4.69) is 355 Å². The highest BCUT2D eigenvalue weighted by atomic mass is 15.3. The molecule has 0 amide bonds. The molecular weight excluding hydrogens is 1140 g/mol. The van der Waals surface area contributed by atoms with E-state index >= 15 is 0 Å². The van der Waals surface area contributed by atoms with E-state index in [1.54, 1.807) is 0 Å². The molecular formula is C88H74N6. The Kier molecular flexibility index (Phi) is 12.3. The molecule has 12 aromatic rings. The van der Waals surface area contributed by atoms with Crippen molar-refractivity contribution in [1.29, 1.82) is 5.26 Å². The van der Waals surface area contributed by atoms with Gasteiger partial charge in [0.1, 0.15) is 0 Å². The summed E-state index contributed by atoms with van der Waals surface area (Å²) in [5.41, 5.74) is 28.4. The molecule has 0 saturated carbocycles. The molecule has 5 aliphatic heterocycles. The lowest BCUT2D eigenvalue weighted by Crippen LogP contribution is -2.37. The maximum absolute atomic E-state index is 10.9. The Morgan fingerprint density at radius 2 is 0.372 bits per heavy atom. The maximum atomic E-state index is 10.9. The standard InChI is InChI=1S/C88H74N6/c1-84(2)58-31-11-21-41-68(58)90(69-42-22-12-32-59(69)84)79-78(57-53-51-56(55-89)52-54-57)80(91-70-43-23-13-33-60(70)85(3,4)61-34-14-24-44-71(61)91)82(93-74-47-27-17-37-64(74)87(7,8)65-38-18-28-48-75(65)93)83(94-76-49-29-19-39-66(76)88(9,10)67-40-20-30-50-77(67)94)81(79)92-72-45-25-15-35-62(72)86(5,6)63-36-16-26-46-73(63)92/h11-54H,1-10H3. The molecule has 17 rings (SSSR count). The number of para-hydroxylation sites is 10. The molecule has 0 radical (unpaired) electrons. The summed E-state index contributed by atoms with van der Waals surface area (Å²) >= 11 is 0. The van der Waals surface area contributed by atoms with Gasteiger partial charge in [0, 0.05) is 32.6 Å². The number of hydrogen-bond donors (Lipinski definition) is 0. The average molecular weight is 1220 g/mol. The molecule has 0 N–H and O–H groups in total. The first-order chi connectivity index (χ1) is 45.5. The Labute approximate surface area is 553 Å². The second-order valence-electron chi connectivity index (χ2n) is 28.8. The molecule has 0 atom stereocenters. The quantitative estimate of drug-likeness (QED) is 0.165. The highest BCUT2D eigenvalue weighted by Crippen LogP contribution is 2.72. The third-order valence-corrected chi connectivity index (χ3v) is 22.0. The van der Waals surface area contributed by atoms with Crippen LogP contribution in [0.1, 0.15) is 130 Å². The van der Waals surface area contributed by atoms with Crippen LogP contribution >= 0.6 is 0 Å². The summed E-state index contributed by atoms with van der Waals surface area (Å²) < 4.78 is 0. The van der Waals surface area contributed by atoms with Crippen LogP contribution in [0.2, 0.25) is 0 Å². The van der Waals surface area contributed by atoms with E-state index in [1.807, 2.05) is 12.1 Å². The summed E-state index contributed by atoms with van der Waals surface area (Å²) in [6.07, 6.45) is 0. The Morgan fingerprint density at radius 3 is 0.553 bits per heavy atom. The fraction of sp³-hybridized carbons (Fsp3) is 0.170. The molecule has 0 bridgehead atoms. The minimum Gasteiger partial charge on any atom is -0.307 e. The minimum atomic E-state index is -0.423. The topological polar surface area (TPSA) is 40.0 Å². The molecule has 0 aromatic heterocycles. The first-order valence-electron chi connectivity index (χ1n) is 33.2. The van der Waals surface area contributed by atoms with E-state index in [9.17, 15) is 5.26 Å². The van der Waals surface area contributed by atoms with Crippen LogP contribution in [0.25, 0.3) is 11.1 Å². The molecule has 6 nitrogen and oxygen atoms in total. The fourth-order valence-corrected chi connectivity index (χ4v) is 17.3. The Morgan fingerprint density at radius 1 is 0.213 bits per heavy atom. The molecule has 0 fully saturated rings. The number of rotatable bonds is 6. The van der Waals surface area contributed by atoms with E-state index in [0.717, 1.165) is 96.4 Å². The van der Waals surface area contributed by atoms with Gasteiger partial charge in [0.25, 0.3) is 0 Å². The van der Waals surface area contributed by atoms with Gasteiger partial charge in [-0.25, -0.2) is 0 Å². The lowest BCUT2D eigenvalue weighted by molar-refractivity contribution is 0.628. The molecule has 6 heteroatoms. The molecule has 5 aliphatic rings. The zero-order valence-corrected chi connectivity index (χ0v) is 55.1. The van der Waals surface area contributed by atoms with Crippen LogP contribution in [-0.2, 0) is 27.1 Å². The second-order valence-corrected chi connectivity index (χ2v) is 28.8. The van der Waals surface area contributed by atoms with Crippen LogP contribution in [0, 0.1) is 11.3 Å². The van der Waals surface area contributed by atoms with Gasteiger partial charge >= 0.3 is 0 Å². The Bertz CT molecular complexity index is 4700. The van der Waals surface area contributed by atoms with Gasteiger partial charge in [-0.15, -0.1) is 0 Å². The molecule has 0 aliphatic carbocycles. The van der Waals surface area contributed by atoms with Gasteiger partial charge in [0.15, 0.2) is 0 Å². The van der Waals surface area contributed by atoms with Crippen molar-refractivity contribution in [2.24, 2.45) is 0 Å². The maximum Gasteiger partial charge on any atom is 0.0991 e. The van der Waals surface area contributed by atoms with Gasteiger partial charge in [-0.1, -0.05) is 263 Å². The zero-order valence-electron chi connectivity index (χ0n) is 55.1. The van der Waals surface area contributed by atoms with Crippen molar-refractivity contribution in [3.05, 3.63) is 328 Å². The minimum absolute atomic E-state index is 0.418. The van der Waals surface area contributed by atoms with Crippen molar-refractivity contribution in [2.75, 3.05) is 24.5 Å². The number of benzene rings is 12. The van der Waals surface area contributed by atoms with E-state index in [-0.39, 0.29) is 0 Å². The normalized spacial score (nSPS) is 16.5. The summed E-state index contributed by atoms with van der Waals surface area (Å²) in [5, 5.41) is 10.9. The van der Waals surface area contributed by atoms with Crippen LogP contribution < -0.4 is 24.5 Å². The van der Waals surface area contributed by atoms with Crippen LogP contribution in [0.4, 0.5) is 85.3 Å². The van der Waals surface area contributed by atoms with E-state index in [4.69, 9.17) is 0 Å². The van der Waals surface area contributed by atoms with Crippen molar-refractivity contribution in [3.63, 3.8) is 0 Å². The van der Waals surface area contributed by atoms with E-state index in [0.29, 0.717) is 5.56 Å². The summed E-state index contributed by atoms with van der Waals surface area (Å²) in [6.45, 7) is 24.0. The van der Waals surface area contributed by atoms with Crippen LogP contribution in [0.3, 0.4) is 0 Å². The van der Waals surface area contributed by atoms with Gasteiger partial charge < -0.3 is 24.5 Å². The monoisotopic (exact) mass is 1210 g/mol. The highest BCUT2D eigenvalue weighted by molar-refractivity contribution is 6.22. The van der Waals surface area contributed by atoms with Crippen molar-refractivity contribution < 1.29 is 0 Å². The summed E-state index contributed by atoms with van der Waals surface area (Å²) in [4.78, 5) is 13.3. The molecule has 5 heterocycles. The first-order valence-corrected chi connectivity index (χ1v) is 33.2. The van der Waals surface area contributed by atoms with Crippen molar-refractivity contribution >= 4 is 85.3 Å². The largest absolute Gasteiger partial charge is 0.307 e. The Hall–Kier alpha value is -10.9. The predicted octanol–water partition coefficient (Wildman–Crippen LogP) is 23.8. The number of nitrogens with zero attached hydrogens (tertiary/aromatic N) is 6. The van der Waals surface area contributed by atoms with Crippen LogP contribution in [-0.4, -0.2) is 0 Å². The van der Waals surface area contributed by atoms with Gasteiger partial charge in [-0.2, -0.15) is 5.26 Å². The van der Waals surface area contributed by atoms with Gasteiger partial charge in [-0.05, 0) is 134 Å². The van der Waals surface area contributed by atoms with E-state index < -0.39 is 27.1 Å². The van der Waals surface area contributed by atoms with E-state index in [1.165, 1.54) is 55.6 Å². The number of nitriles is 1. The SMILES string of the molecule is CC1(C)c2ccccc2N(c2c(-c3ccc(C#N)cc3)c(N3c4ccccc4C(C)(C)c4ccccc43)c(N3c4ccccc4C(C)(C)c4ccccc43)c(N3c4ccccc4C(C)(C)c4ccccc43)c2N2c3ccccc3C(C)(C)c3ccccc32)c2ccccc21. The van der Waals surface area contributed by atoms with Gasteiger partial charge in [0.05, 0.1) is 96.9 Å². The molecule has 0 spiro atoms. The van der Waals surface area contributed by atoms with Crippen molar-refractivity contribution in [2.45, 2.75) is 96.3 Å².